The smallest absolute Gasteiger partial charge is 0.408 e. The molecule has 0 radical (unpaired) electrons. The number of nitrogens with zero attached hydrogens (tertiary/aromatic N) is 1. The number of carbonyl (C=O) groups is 2. The molecule has 3 atom stereocenters. The zero-order valence-corrected chi connectivity index (χ0v) is 17.6. The number of rotatable bonds is 3. The SMILES string of the molecule is CC(C)(C)OC(=O)N[C@H](C(=O)N1CC2(C[C@H]1CO)CC2(C)C)C(C)(C)C. The minimum Gasteiger partial charge on any atom is -0.444 e. The summed E-state index contributed by atoms with van der Waals surface area (Å²) >= 11 is 0. The number of nitrogens with one attached hydrogen (secondary N) is 1. The molecule has 26 heavy (non-hydrogen) atoms. The van der Waals surface area contributed by atoms with Crippen molar-refractivity contribution in [2.45, 2.75) is 85.9 Å². The van der Waals surface area contributed by atoms with Gasteiger partial charge in [0.2, 0.25) is 5.91 Å². The van der Waals surface area contributed by atoms with Gasteiger partial charge < -0.3 is 20.1 Å². The fourth-order valence-electron chi connectivity index (χ4n) is 4.16. The van der Waals surface area contributed by atoms with Crippen molar-refractivity contribution >= 4 is 12.0 Å². The number of amides is 2. The molecular weight excluding hydrogens is 332 g/mol. The Kier molecular flexibility index (Phi) is 5.17. The van der Waals surface area contributed by atoms with E-state index in [1.165, 1.54) is 0 Å². The van der Waals surface area contributed by atoms with Crippen LogP contribution in [0.3, 0.4) is 0 Å². The second-order valence-corrected chi connectivity index (χ2v) is 10.8. The van der Waals surface area contributed by atoms with Gasteiger partial charge in [-0.05, 0) is 49.9 Å². The van der Waals surface area contributed by atoms with E-state index in [0.717, 1.165) is 12.8 Å². The van der Waals surface area contributed by atoms with Crippen molar-refractivity contribution in [3.63, 3.8) is 0 Å². The van der Waals surface area contributed by atoms with Crippen LogP contribution >= 0.6 is 0 Å². The maximum Gasteiger partial charge on any atom is 0.408 e. The van der Waals surface area contributed by atoms with Crippen molar-refractivity contribution < 1.29 is 19.4 Å². The van der Waals surface area contributed by atoms with Gasteiger partial charge in [-0.2, -0.15) is 0 Å². The molecule has 1 spiro atoms. The van der Waals surface area contributed by atoms with Crippen LogP contribution in [0.25, 0.3) is 0 Å². The van der Waals surface area contributed by atoms with Crippen molar-refractivity contribution in [3.05, 3.63) is 0 Å². The van der Waals surface area contributed by atoms with E-state index in [2.05, 4.69) is 19.2 Å². The first-order chi connectivity index (χ1) is 11.6. The molecule has 0 aromatic carbocycles. The van der Waals surface area contributed by atoms with Crippen LogP contribution in [-0.4, -0.2) is 52.8 Å². The maximum absolute atomic E-state index is 13.3. The van der Waals surface area contributed by atoms with Crippen molar-refractivity contribution in [2.24, 2.45) is 16.2 Å². The molecule has 2 amide bonds. The van der Waals surface area contributed by atoms with Gasteiger partial charge in [0.25, 0.3) is 0 Å². The summed E-state index contributed by atoms with van der Waals surface area (Å²) in [5.74, 6) is -0.137. The third kappa shape index (κ3) is 4.16. The Morgan fingerprint density at radius 3 is 2.15 bits per heavy atom. The molecule has 1 saturated heterocycles. The largest absolute Gasteiger partial charge is 0.444 e. The third-order valence-electron chi connectivity index (χ3n) is 5.90. The van der Waals surface area contributed by atoms with Crippen molar-refractivity contribution in [1.82, 2.24) is 10.2 Å². The second kappa shape index (κ2) is 6.39. The van der Waals surface area contributed by atoms with E-state index in [1.807, 2.05) is 20.8 Å². The second-order valence-electron chi connectivity index (χ2n) is 10.8. The Hall–Kier alpha value is -1.30. The molecule has 0 aromatic rings. The highest BCUT2D eigenvalue weighted by molar-refractivity contribution is 5.87. The van der Waals surface area contributed by atoms with E-state index < -0.39 is 23.2 Å². The monoisotopic (exact) mass is 368 g/mol. The topological polar surface area (TPSA) is 78.9 Å². The number of likely N-dealkylation sites (tertiary alicyclic amines) is 1. The third-order valence-corrected chi connectivity index (χ3v) is 5.90. The summed E-state index contributed by atoms with van der Waals surface area (Å²) in [6.45, 7) is 16.2. The van der Waals surface area contributed by atoms with E-state index in [0.29, 0.717) is 6.54 Å². The molecule has 0 bridgehead atoms. The van der Waals surface area contributed by atoms with Crippen molar-refractivity contribution in [1.29, 1.82) is 0 Å². The number of aliphatic hydroxyl groups excluding tert-OH is 1. The molecular formula is C20H36N2O4. The highest BCUT2D eigenvalue weighted by Crippen LogP contribution is 2.68. The lowest BCUT2D eigenvalue weighted by Crippen LogP contribution is -2.56. The zero-order chi connectivity index (χ0) is 20.1. The van der Waals surface area contributed by atoms with Gasteiger partial charge in [0, 0.05) is 6.54 Å². The Morgan fingerprint density at radius 2 is 1.77 bits per heavy atom. The Bertz CT molecular complexity index is 573. The summed E-state index contributed by atoms with van der Waals surface area (Å²) in [5, 5.41) is 12.6. The van der Waals surface area contributed by atoms with Gasteiger partial charge in [0.05, 0.1) is 12.6 Å². The molecule has 1 heterocycles. The summed E-state index contributed by atoms with van der Waals surface area (Å²) in [7, 11) is 0. The summed E-state index contributed by atoms with van der Waals surface area (Å²) in [5.41, 5.74) is -0.794. The van der Waals surface area contributed by atoms with Gasteiger partial charge in [-0.1, -0.05) is 34.6 Å². The van der Waals surface area contributed by atoms with E-state index in [-0.39, 0.29) is 29.4 Å². The van der Waals surface area contributed by atoms with Gasteiger partial charge in [0.15, 0.2) is 0 Å². The highest BCUT2D eigenvalue weighted by atomic mass is 16.6. The quantitative estimate of drug-likeness (QED) is 0.803. The van der Waals surface area contributed by atoms with Crippen molar-refractivity contribution in [2.75, 3.05) is 13.2 Å². The average molecular weight is 369 g/mol. The zero-order valence-electron chi connectivity index (χ0n) is 17.6. The van der Waals surface area contributed by atoms with E-state index in [1.54, 1.807) is 25.7 Å². The summed E-state index contributed by atoms with van der Waals surface area (Å²) in [6, 6.07) is -0.891. The number of aliphatic hydroxyl groups is 1. The van der Waals surface area contributed by atoms with Crippen LogP contribution in [0, 0.1) is 16.2 Å². The fraction of sp³-hybridized carbons (Fsp3) is 0.900. The molecule has 6 heteroatoms. The molecule has 6 nitrogen and oxygen atoms in total. The van der Waals surface area contributed by atoms with Gasteiger partial charge in [-0.3, -0.25) is 4.79 Å². The van der Waals surface area contributed by atoms with Crippen LogP contribution in [-0.2, 0) is 9.53 Å². The normalized spacial score (nSPS) is 28.8. The van der Waals surface area contributed by atoms with Crippen LogP contribution in [0.5, 0.6) is 0 Å². The average Bonchev–Trinajstić information content (AvgIpc) is 2.78. The molecule has 2 fully saturated rings. The van der Waals surface area contributed by atoms with E-state index in [4.69, 9.17) is 4.74 Å². The minimum absolute atomic E-state index is 0.0487. The van der Waals surface area contributed by atoms with Crippen molar-refractivity contribution in [3.8, 4) is 0 Å². The van der Waals surface area contributed by atoms with Gasteiger partial charge in [0.1, 0.15) is 11.6 Å². The first-order valence-electron chi connectivity index (χ1n) is 9.53. The molecule has 0 aromatic heterocycles. The lowest BCUT2D eigenvalue weighted by atomic mass is 9.85. The van der Waals surface area contributed by atoms with Crippen LogP contribution in [0.1, 0.15) is 68.2 Å². The number of hydrogen-bond donors (Lipinski definition) is 2. The van der Waals surface area contributed by atoms with Gasteiger partial charge in [-0.15, -0.1) is 0 Å². The molecule has 1 aliphatic carbocycles. The molecule has 2 aliphatic rings. The standard InChI is InChI=1S/C20H36N2O4/c1-17(2,3)14(21-16(25)26-18(4,5)6)15(24)22-12-20(9-13(22)10-23)11-19(20,7)8/h13-14,23H,9-12H2,1-8H3,(H,21,25)/t13-,14+,20?/m0/s1. The van der Waals surface area contributed by atoms with Crippen LogP contribution in [0.4, 0.5) is 4.79 Å². The molecule has 2 rings (SSSR count). The molecule has 2 N–H and O–H groups in total. The summed E-state index contributed by atoms with van der Waals surface area (Å²) in [6.07, 6.45) is 1.30. The van der Waals surface area contributed by atoms with Gasteiger partial charge in [-0.25, -0.2) is 4.79 Å². The fourth-order valence-corrected chi connectivity index (χ4v) is 4.16. The van der Waals surface area contributed by atoms with E-state index in [9.17, 15) is 14.7 Å². The number of hydrogen-bond acceptors (Lipinski definition) is 4. The van der Waals surface area contributed by atoms with Gasteiger partial charge >= 0.3 is 6.09 Å². The summed E-state index contributed by atoms with van der Waals surface area (Å²) in [4.78, 5) is 27.4. The molecule has 1 unspecified atom stereocenters. The van der Waals surface area contributed by atoms with Crippen LogP contribution in [0.2, 0.25) is 0 Å². The number of alkyl carbamates (subject to hydrolysis) is 1. The Balaban J connectivity index is 2.17. The predicted octanol–water partition coefficient (Wildman–Crippen LogP) is 2.94. The molecule has 1 saturated carbocycles. The molecule has 1 aliphatic heterocycles. The first kappa shape index (κ1) is 21.0. The van der Waals surface area contributed by atoms with E-state index >= 15 is 0 Å². The highest BCUT2D eigenvalue weighted by Gasteiger charge is 2.66. The first-order valence-corrected chi connectivity index (χ1v) is 9.53. The number of ether oxygens (including phenoxy) is 1. The molecule has 150 valence electrons. The van der Waals surface area contributed by atoms with Crippen LogP contribution in [0.15, 0.2) is 0 Å². The lowest BCUT2D eigenvalue weighted by molar-refractivity contribution is -0.138. The minimum atomic E-state index is -0.705. The van der Waals surface area contributed by atoms with Crippen LogP contribution < -0.4 is 5.32 Å². The number of carbonyl (C=O) groups excluding carboxylic acids is 2. The summed E-state index contributed by atoms with van der Waals surface area (Å²) < 4.78 is 5.35. The predicted molar refractivity (Wildman–Crippen MR) is 101 cm³/mol. The Labute approximate surface area is 157 Å². The lowest BCUT2D eigenvalue weighted by Gasteiger charge is -2.35. The Morgan fingerprint density at radius 1 is 1.23 bits per heavy atom. The maximum atomic E-state index is 13.3.